The second kappa shape index (κ2) is 7.51. The normalized spacial score (nSPS) is 11.1. The summed E-state index contributed by atoms with van der Waals surface area (Å²) in [6.45, 7) is 0. The first-order valence-corrected chi connectivity index (χ1v) is 9.17. The van der Waals surface area contributed by atoms with E-state index in [9.17, 15) is 0 Å². The van der Waals surface area contributed by atoms with E-state index in [1.807, 2.05) is 12.1 Å². The van der Waals surface area contributed by atoms with E-state index in [1.54, 1.807) is 7.11 Å². The molecule has 0 saturated heterocycles. The van der Waals surface area contributed by atoms with Gasteiger partial charge in [-0.05, 0) is 22.8 Å². The fourth-order valence-electron chi connectivity index (χ4n) is 3.99. The van der Waals surface area contributed by atoms with Crippen molar-refractivity contribution in [3.8, 4) is 5.75 Å². The van der Waals surface area contributed by atoms with Gasteiger partial charge in [0.2, 0.25) is 0 Å². The van der Waals surface area contributed by atoms with Crippen LogP contribution in [-0.2, 0) is 5.41 Å². The molecule has 4 aromatic rings. The van der Waals surface area contributed by atoms with E-state index in [2.05, 4.69) is 103 Å². The molecular weight excluding hydrogens is 328 g/mol. The molecule has 4 rings (SSSR count). The molecule has 0 bridgehead atoms. The second-order valence-electron chi connectivity index (χ2n) is 6.55. The summed E-state index contributed by atoms with van der Waals surface area (Å²) in [5.74, 6) is 0.883. The Hall–Kier alpha value is -3.32. The van der Waals surface area contributed by atoms with Gasteiger partial charge in [-0.2, -0.15) is 0 Å². The lowest BCUT2D eigenvalue weighted by molar-refractivity contribution is 0.405. The molecule has 0 aromatic heterocycles. The van der Waals surface area contributed by atoms with Gasteiger partial charge in [-0.25, -0.2) is 0 Å². The molecule has 0 amide bonds. The van der Waals surface area contributed by atoms with Gasteiger partial charge in [0.15, 0.2) is 0 Å². The smallest absolute Gasteiger partial charge is 0.123 e. The van der Waals surface area contributed by atoms with Crippen LogP contribution in [0.25, 0.3) is 0 Å². The Morgan fingerprint density at radius 2 is 0.852 bits per heavy atom. The first-order chi connectivity index (χ1) is 13.4. The fourth-order valence-corrected chi connectivity index (χ4v) is 3.99. The van der Waals surface area contributed by atoms with Gasteiger partial charge in [0.1, 0.15) is 5.75 Å². The number of ether oxygens (including phenoxy) is 1. The number of hydrogen-bond donors (Lipinski definition) is 0. The summed E-state index contributed by atoms with van der Waals surface area (Å²) in [7, 11) is 1.74. The van der Waals surface area contributed by atoms with Crippen LogP contribution in [-0.4, -0.2) is 7.11 Å². The highest BCUT2D eigenvalue weighted by Gasteiger charge is 2.40. The molecule has 0 unspecified atom stereocenters. The van der Waals surface area contributed by atoms with Crippen molar-refractivity contribution in [2.24, 2.45) is 0 Å². The third kappa shape index (κ3) is 2.92. The molecule has 27 heavy (non-hydrogen) atoms. The predicted octanol–water partition coefficient (Wildman–Crippen LogP) is 6.08. The summed E-state index contributed by atoms with van der Waals surface area (Å²) in [4.78, 5) is 0. The van der Waals surface area contributed by atoms with E-state index in [1.165, 1.54) is 16.7 Å². The Bertz CT molecular complexity index is 895. The number of benzene rings is 4. The maximum atomic E-state index is 5.82. The molecule has 0 fully saturated rings. The quantitative estimate of drug-likeness (QED) is 0.396. The highest BCUT2D eigenvalue weighted by Crippen LogP contribution is 2.47. The molecule has 1 heteroatoms. The van der Waals surface area contributed by atoms with Gasteiger partial charge >= 0.3 is 0 Å². The Labute approximate surface area is 160 Å². The lowest BCUT2D eigenvalue weighted by Crippen LogP contribution is -2.31. The van der Waals surface area contributed by atoms with E-state index < -0.39 is 5.41 Å². The monoisotopic (exact) mass is 350 g/mol. The van der Waals surface area contributed by atoms with Crippen LogP contribution >= 0.6 is 0 Å². The van der Waals surface area contributed by atoms with Crippen LogP contribution in [0.15, 0.2) is 115 Å². The second-order valence-corrected chi connectivity index (χ2v) is 6.55. The van der Waals surface area contributed by atoms with Crippen molar-refractivity contribution < 1.29 is 4.74 Å². The Kier molecular flexibility index (Phi) is 4.76. The molecule has 0 radical (unpaired) electrons. The van der Waals surface area contributed by atoms with Crippen molar-refractivity contribution in [3.63, 3.8) is 0 Å². The standard InChI is InChI=1S/C26H22O/c1-27-25-20-12-11-19-24(25)26(21-13-5-2-6-14-21,22-15-7-3-8-16-22)23-17-9-4-10-18-23/h2-20H,1H3. The molecule has 4 aromatic carbocycles. The van der Waals surface area contributed by atoms with Gasteiger partial charge in [0.05, 0.1) is 12.5 Å². The molecule has 0 aliphatic heterocycles. The summed E-state index contributed by atoms with van der Waals surface area (Å²) >= 11 is 0. The fraction of sp³-hybridized carbons (Fsp3) is 0.0769. The van der Waals surface area contributed by atoms with Crippen LogP contribution in [0.1, 0.15) is 22.3 Å². The van der Waals surface area contributed by atoms with Crippen molar-refractivity contribution in [2.45, 2.75) is 5.41 Å². The van der Waals surface area contributed by atoms with E-state index in [4.69, 9.17) is 4.74 Å². The first kappa shape index (κ1) is 17.1. The van der Waals surface area contributed by atoms with Gasteiger partial charge in [-0.15, -0.1) is 0 Å². The van der Waals surface area contributed by atoms with E-state index >= 15 is 0 Å². The molecular formula is C26H22O. The summed E-state index contributed by atoms with van der Waals surface area (Å²) in [6, 6.07) is 40.3. The maximum Gasteiger partial charge on any atom is 0.123 e. The summed E-state index contributed by atoms with van der Waals surface area (Å²) in [5, 5.41) is 0. The van der Waals surface area contributed by atoms with Crippen molar-refractivity contribution in [3.05, 3.63) is 138 Å². The van der Waals surface area contributed by atoms with Crippen molar-refractivity contribution >= 4 is 0 Å². The average Bonchev–Trinajstić information content (AvgIpc) is 2.77. The van der Waals surface area contributed by atoms with E-state index in [0.717, 1.165) is 11.3 Å². The zero-order valence-electron chi connectivity index (χ0n) is 15.4. The molecule has 0 aliphatic rings. The van der Waals surface area contributed by atoms with Gasteiger partial charge in [-0.3, -0.25) is 0 Å². The lowest BCUT2D eigenvalue weighted by atomic mass is 9.65. The third-order valence-corrected chi connectivity index (χ3v) is 5.13. The van der Waals surface area contributed by atoms with E-state index in [-0.39, 0.29) is 0 Å². The minimum absolute atomic E-state index is 0.462. The largest absolute Gasteiger partial charge is 0.496 e. The van der Waals surface area contributed by atoms with Crippen molar-refractivity contribution in [1.82, 2.24) is 0 Å². The summed E-state index contributed by atoms with van der Waals surface area (Å²) in [6.07, 6.45) is 0. The van der Waals surface area contributed by atoms with Crippen LogP contribution in [0.3, 0.4) is 0 Å². The predicted molar refractivity (Wildman–Crippen MR) is 111 cm³/mol. The van der Waals surface area contributed by atoms with Gasteiger partial charge in [0.25, 0.3) is 0 Å². The minimum atomic E-state index is -0.462. The van der Waals surface area contributed by atoms with E-state index in [0.29, 0.717) is 0 Å². The topological polar surface area (TPSA) is 9.23 Å². The summed E-state index contributed by atoms with van der Waals surface area (Å²) in [5.41, 5.74) is 4.32. The number of methoxy groups -OCH3 is 1. The average molecular weight is 350 g/mol. The van der Waals surface area contributed by atoms with Crippen LogP contribution in [0.5, 0.6) is 5.75 Å². The van der Waals surface area contributed by atoms with Gasteiger partial charge in [-0.1, -0.05) is 109 Å². The molecule has 0 spiro atoms. The zero-order chi connectivity index (χ0) is 18.5. The van der Waals surface area contributed by atoms with Gasteiger partial charge < -0.3 is 4.74 Å². The molecule has 132 valence electrons. The van der Waals surface area contributed by atoms with Crippen LogP contribution in [0.2, 0.25) is 0 Å². The van der Waals surface area contributed by atoms with Crippen molar-refractivity contribution in [1.29, 1.82) is 0 Å². The number of hydrogen-bond acceptors (Lipinski definition) is 1. The highest BCUT2D eigenvalue weighted by atomic mass is 16.5. The highest BCUT2D eigenvalue weighted by molar-refractivity contribution is 5.62. The molecule has 0 atom stereocenters. The van der Waals surface area contributed by atoms with Crippen LogP contribution < -0.4 is 4.74 Å². The minimum Gasteiger partial charge on any atom is -0.496 e. The van der Waals surface area contributed by atoms with Gasteiger partial charge in [0, 0.05) is 5.56 Å². The number of rotatable bonds is 5. The molecule has 0 heterocycles. The third-order valence-electron chi connectivity index (χ3n) is 5.13. The molecule has 1 nitrogen and oxygen atoms in total. The SMILES string of the molecule is COc1ccccc1C(c1ccccc1)(c1ccccc1)c1ccccc1. The molecule has 0 aliphatic carbocycles. The molecule has 0 saturated carbocycles. The first-order valence-electron chi connectivity index (χ1n) is 9.17. The zero-order valence-corrected chi connectivity index (χ0v) is 15.4. The lowest BCUT2D eigenvalue weighted by Gasteiger charge is -2.37. The molecule has 0 N–H and O–H groups in total. The Morgan fingerprint density at radius 1 is 0.481 bits per heavy atom. The Morgan fingerprint density at radius 3 is 1.26 bits per heavy atom. The Balaban J connectivity index is 2.17. The summed E-state index contributed by atoms with van der Waals surface area (Å²) < 4.78 is 5.82. The van der Waals surface area contributed by atoms with Crippen molar-refractivity contribution in [2.75, 3.05) is 7.11 Å². The maximum absolute atomic E-state index is 5.82. The van der Waals surface area contributed by atoms with Crippen LogP contribution in [0.4, 0.5) is 0 Å². The number of para-hydroxylation sites is 1. The van der Waals surface area contributed by atoms with Crippen LogP contribution in [0, 0.1) is 0 Å².